The number of rotatable bonds is 2. The Balaban J connectivity index is 1.55. The van der Waals surface area contributed by atoms with E-state index in [1.807, 2.05) is 30.8 Å². The number of nitrogens with zero attached hydrogens (tertiary/aromatic N) is 7. The zero-order chi connectivity index (χ0) is 23.7. The van der Waals surface area contributed by atoms with Gasteiger partial charge in [0.05, 0.1) is 34.8 Å². The third-order valence-electron chi connectivity index (χ3n) is 6.36. The summed E-state index contributed by atoms with van der Waals surface area (Å²) in [5.74, 6) is -0.156. The van der Waals surface area contributed by atoms with Crippen LogP contribution in [0.4, 0.5) is 13.2 Å². The number of hydrogen-bond donors (Lipinski definition) is 0. The highest BCUT2D eigenvalue weighted by atomic mass is 19.4. The Hall–Kier alpha value is -3.63. The van der Waals surface area contributed by atoms with Crippen LogP contribution in [0.2, 0.25) is 0 Å². The lowest BCUT2D eigenvalue weighted by molar-refractivity contribution is -0.143. The van der Waals surface area contributed by atoms with Crippen LogP contribution in [0.3, 0.4) is 0 Å². The summed E-state index contributed by atoms with van der Waals surface area (Å²) in [6.07, 6.45) is 0.524. The highest BCUT2D eigenvalue weighted by Gasteiger charge is 2.41. The van der Waals surface area contributed by atoms with Gasteiger partial charge in [0.15, 0.2) is 5.69 Å². The molecule has 5 heterocycles. The van der Waals surface area contributed by atoms with Gasteiger partial charge >= 0.3 is 6.18 Å². The second-order valence-electron chi connectivity index (χ2n) is 8.31. The lowest BCUT2D eigenvalue weighted by Gasteiger charge is -2.33. The molecule has 0 fully saturated rings. The van der Waals surface area contributed by atoms with E-state index in [0.29, 0.717) is 41.1 Å². The van der Waals surface area contributed by atoms with Gasteiger partial charge < -0.3 is 9.47 Å². The van der Waals surface area contributed by atoms with Crippen molar-refractivity contribution in [3.8, 4) is 11.3 Å². The Labute approximate surface area is 187 Å². The van der Waals surface area contributed by atoms with Crippen LogP contribution in [0.1, 0.15) is 40.3 Å². The summed E-state index contributed by atoms with van der Waals surface area (Å²) in [4.78, 5) is 19.5. The molecule has 0 spiro atoms. The minimum absolute atomic E-state index is 0.00615. The molecule has 1 unspecified atom stereocenters. The fourth-order valence-electron chi connectivity index (χ4n) is 4.81. The molecule has 0 saturated carbocycles. The molecular weight excluding hydrogens is 435 g/mol. The standard InChI is InChI=1S/C22H22F3N7O/c1-12-17-15(18(30(3)28-17)16-11-27-31(4)19(16)22(23,24)25)7-10-32(12)21(33)14-5-8-26-20-13(14)6-9-29(20)2/h5-6,8-9,11-12H,7,10H2,1-4H3. The van der Waals surface area contributed by atoms with E-state index >= 15 is 0 Å². The fraction of sp³-hybridized carbons (Fsp3) is 0.364. The van der Waals surface area contributed by atoms with Crippen LogP contribution in [-0.4, -0.2) is 46.5 Å². The first-order valence-electron chi connectivity index (χ1n) is 10.5. The topological polar surface area (TPSA) is 73.8 Å². The van der Waals surface area contributed by atoms with Crippen molar-refractivity contribution in [3.05, 3.63) is 53.2 Å². The maximum atomic E-state index is 13.7. The van der Waals surface area contributed by atoms with Crippen LogP contribution in [0, 0.1) is 0 Å². The van der Waals surface area contributed by atoms with Gasteiger partial charge in [-0.3, -0.25) is 14.2 Å². The summed E-state index contributed by atoms with van der Waals surface area (Å²) >= 11 is 0. The number of fused-ring (bicyclic) bond motifs is 2. The molecular formula is C22H22F3N7O. The number of pyridine rings is 1. The van der Waals surface area contributed by atoms with Crippen molar-refractivity contribution in [2.24, 2.45) is 21.1 Å². The molecule has 0 radical (unpaired) electrons. The normalized spacial score (nSPS) is 16.5. The lowest BCUT2D eigenvalue weighted by Crippen LogP contribution is -2.39. The molecule has 5 rings (SSSR count). The molecule has 11 heteroatoms. The maximum Gasteiger partial charge on any atom is 0.433 e. The van der Waals surface area contributed by atoms with Crippen molar-refractivity contribution in [1.82, 2.24) is 34.0 Å². The Kier molecular flexibility index (Phi) is 4.62. The average molecular weight is 457 g/mol. The van der Waals surface area contributed by atoms with E-state index in [2.05, 4.69) is 15.2 Å². The molecule has 172 valence electrons. The van der Waals surface area contributed by atoms with Crippen LogP contribution in [0.5, 0.6) is 0 Å². The van der Waals surface area contributed by atoms with E-state index < -0.39 is 17.9 Å². The molecule has 4 aromatic heterocycles. The van der Waals surface area contributed by atoms with E-state index in [1.165, 1.54) is 17.9 Å². The summed E-state index contributed by atoms with van der Waals surface area (Å²) in [6, 6.07) is 3.15. The Morgan fingerprint density at radius 1 is 1.15 bits per heavy atom. The monoisotopic (exact) mass is 457 g/mol. The highest BCUT2D eigenvalue weighted by Crippen LogP contribution is 2.41. The zero-order valence-corrected chi connectivity index (χ0v) is 18.6. The smallest absolute Gasteiger partial charge is 0.336 e. The van der Waals surface area contributed by atoms with E-state index in [-0.39, 0.29) is 11.5 Å². The Morgan fingerprint density at radius 2 is 1.91 bits per heavy atom. The van der Waals surface area contributed by atoms with E-state index in [9.17, 15) is 18.0 Å². The number of alkyl halides is 3. The van der Waals surface area contributed by atoms with Crippen molar-refractivity contribution in [2.75, 3.05) is 6.54 Å². The molecule has 1 aliphatic heterocycles. The second kappa shape index (κ2) is 7.19. The molecule has 0 aromatic carbocycles. The third-order valence-corrected chi connectivity index (χ3v) is 6.36. The second-order valence-corrected chi connectivity index (χ2v) is 8.31. The van der Waals surface area contributed by atoms with Gasteiger partial charge in [-0.15, -0.1) is 0 Å². The van der Waals surface area contributed by atoms with Gasteiger partial charge in [0.25, 0.3) is 5.91 Å². The maximum absolute atomic E-state index is 13.7. The molecule has 0 saturated heterocycles. The molecule has 8 nitrogen and oxygen atoms in total. The SMILES string of the molecule is CC1c2nn(C)c(-c3cnn(C)c3C(F)(F)F)c2CCN1C(=O)c1ccnc2c1ccn2C. The van der Waals surface area contributed by atoms with Gasteiger partial charge in [-0.1, -0.05) is 0 Å². The van der Waals surface area contributed by atoms with Gasteiger partial charge in [0, 0.05) is 51.0 Å². The van der Waals surface area contributed by atoms with E-state index in [4.69, 9.17) is 0 Å². The van der Waals surface area contributed by atoms with Crippen molar-refractivity contribution in [3.63, 3.8) is 0 Å². The molecule has 0 bridgehead atoms. The van der Waals surface area contributed by atoms with Gasteiger partial charge in [-0.25, -0.2) is 4.98 Å². The summed E-state index contributed by atoms with van der Waals surface area (Å²) in [5, 5.41) is 9.14. The van der Waals surface area contributed by atoms with Crippen LogP contribution in [-0.2, 0) is 33.7 Å². The van der Waals surface area contributed by atoms with Gasteiger partial charge in [0.2, 0.25) is 0 Å². The molecule has 1 aliphatic rings. The Bertz CT molecular complexity index is 1400. The molecule has 1 amide bonds. The number of carbonyl (C=O) groups excluding carboxylic acids is 1. The number of aryl methyl sites for hydroxylation is 3. The number of halogens is 3. The van der Waals surface area contributed by atoms with Crippen LogP contribution in [0.25, 0.3) is 22.3 Å². The molecule has 33 heavy (non-hydrogen) atoms. The van der Waals surface area contributed by atoms with Crippen molar-refractivity contribution in [1.29, 1.82) is 0 Å². The Morgan fingerprint density at radius 3 is 2.64 bits per heavy atom. The molecule has 4 aromatic rings. The summed E-state index contributed by atoms with van der Waals surface area (Å²) in [6.45, 7) is 2.22. The molecule has 0 N–H and O–H groups in total. The zero-order valence-electron chi connectivity index (χ0n) is 18.6. The van der Waals surface area contributed by atoms with Crippen LogP contribution in [0.15, 0.2) is 30.7 Å². The quantitative estimate of drug-likeness (QED) is 0.462. The predicted octanol–water partition coefficient (Wildman–Crippen LogP) is 3.49. The molecule has 0 aliphatic carbocycles. The summed E-state index contributed by atoms with van der Waals surface area (Å²) < 4.78 is 45.3. The summed E-state index contributed by atoms with van der Waals surface area (Å²) in [5.41, 5.74) is 2.13. The first-order valence-corrected chi connectivity index (χ1v) is 10.5. The summed E-state index contributed by atoms with van der Waals surface area (Å²) in [7, 11) is 4.76. The first-order chi connectivity index (χ1) is 15.6. The molecule has 1 atom stereocenters. The number of carbonyl (C=O) groups is 1. The minimum Gasteiger partial charge on any atom is -0.336 e. The highest BCUT2D eigenvalue weighted by molar-refractivity contribution is 6.05. The van der Waals surface area contributed by atoms with Crippen LogP contribution < -0.4 is 0 Å². The number of hydrogen-bond acceptors (Lipinski definition) is 4. The predicted molar refractivity (Wildman–Crippen MR) is 114 cm³/mol. The number of aromatic nitrogens is 6. The average Bonchev–Trinajstić information content (AvgIpc) is 3.42. The van der Waals surface area contributed by atoms with E-state index in [1.54, 1.807) is 24.2 Å². The van der Waals surface area contributed by atoms with Gasteiger partial charge in [-0.05, 0) is 25.5 Å². The van der Waals surface area contributed by atoms with E-state index in [0.717, 1.165) is 10.1 Å². The first kappa shape index (κ1) is 21.2. The number of amides is 1. The van der Waals surface area contributed by atoms with Crippen molar-refractivity contribution >= 4 is 16.9 Å². The van der Waals surface area contributed by atoms with Crippen molar-refractivity contribution in [2.45, 2.75) is 25.6 Å². The van der Waals surface area contributed by atoms with Crippen molar-refractivity contribution < 1.29 is 18.0 Å². The largest absolute Gasteiger partial charge is 0.433 e. The lowest BCUT2D eigenvalue weighted by atomic mass is 9.95. The van der Waals surface area contributed by atoms with Gasteiger partial charge in [0.1, 0.15) is 5.65 Å². The third kappa shape index (κ3) is 3.13. The fourth-order valence-corrected chi connectivity index (χ4v) is 4.81. The minimum atomic E-state index is -4.55. The van der Waals surface area contributed by atoms with Crippen LogP contribution >= 0.6 is 0 Å². The van der Waals surface area contributed by atoms with Gasteiger partial charge in [-0.2, -0.15) is 23.4 Å².